The molecular formula is C9H18FN. The van der Waals surface area contributed by atoms with Gasteiger partial charge in [-0.3, -0.25) is 0 Å². The summed E-state index contributed by atoms with van der Waals surface area (Å²) in [5.41, 5.74) is 0. The smallest absolute Gasteiger partial charge is 0.103 e. The fourth-order valence-electron chi connectivity index (χ4n) is 1.51. The highest BCUT2D eigenvalue weighted by atomic mass is 19.1. The first-order chi connectivity index (χ1) is 5.20. The van der Waals surface area contributed by atoms with Crippen LogP contribution in [0.1, 0.15) is 26.7 Å². The van der Waals surface area contributed by atoms with E-state index >= 15 is 0 Å². The first kappa shape index (κ1) is 8.98. The van der Waals surface area contributed by atoms with Gasteiger partial charge in [0.2, 0.25) is 0 Å². The predicted octanol–water partition coefficient (Wildman–Crippen LogP) is 1.98. The van der Waals surface area contributed by atoms with Crippen molar-refractivity contribution >= 4 is 0 Å². The van der Waals surface area contributed by atoms with Crippen LogP contribution in [0.5, 0.6) is 0 Å². The number of nitrogens with one attached hydrogen (secondary N) is 1. The molecule has 1 rings (SSSR count). The molecule has 0 amide bonds. The van der Waals surface area contributed by atoms with Gasteiger partial charge in [0.15, 0.2) is 0 Å². The van der Waals surface area contributed by atoms with E-state index in [4.69, 9.17) is 0 Å². The molecular weight excluding hydrogens is 141 g/mol. The molecule has 0 aliphatic carbocycles. The van der Waals surface area contributed by atoms with Crippen LogP contribution < -0.4 is 5.32 Å². The lowest BCUT2D eigenvalue weighted by Gasteiger charge is -2.15. The quantitative estimate of drug-likeness (QED) is 0.664. The van der Waals surface area contributed by atoms with Crippen LogP contribution in [0, 0.1) is 11.8 Å². The fraction of sp³-hybridized carbons (Fsp3) is 1.00. The Kier molecular flexibility index (Phi) is 3.31. The maximum atomic E-state index is 13.1. The summed E-state index contributed by atoms with van der Waals surface area (Å²) in [5, 5.41) is 3.25. The Morgan fingerprint density at radius 3 is 2.73 bits per heavy atom. The van der Waals surface area contributed by atoms with Crippen molar-refractivity contribution in [3.05, 3.63) is 0 Å². The summed E-state index contributed by atoms with van der Waals surface area (Å²) in [6, 6.07) is 0. The van der Waals surface area contributed by atoms with Crippen molar-refractivity contribution in [2.24, 2.45) is 11.8 Å². The van der Waals surface area contributed by atoms with Gasteiger partial charge >= 0.3 is 0 Å². The average Bonchev–Trinajstić information content (AvgIpc) is 2.39. The second kappa shape index (κ2) is 4.05. The summed E-state index contributed by atoms with van der Waals surface area (Å²) in [4.78, 5) is 0. The molecule has 0 aromatic heterocycles. The van der Waals surface area contributed by atoms with Crippen molar-refractivity contribution in [2.75, 3.05) is 13.1 Å². The molecule has 1 heterocycles. The lowest BCUT2D eigenvalue weighted by atomic mass is 9.95. The van der Waals surface area contributed by atoms with E-state index in [1.807, 2.05) is 13.8 Å². The van der Waals surface area contributed by atoms with Crippen LogP contribution in [0.2, 0.25) is 0 Å². The Balaban J connectivity index is 2.18. The zero-order chi connectivity index (χ0) is 8.27. The monoisotopic (exact) mass is 159 g/mol. The standard InChI is InChI=1S/C9H18FN/c1-7(2)9(10)5-8-3-4-11-6-8/h7-9,11H,3-6H2,1-2H3. The lowest BCUT2D eigenvalue weighted by molar-refractivity contribution is 0.212. The van der Waals surface area contributed by atoms with E-state index in [0.29, 0.717) is 5.92 Å². The molecule has 0 radical (unpaired) electrons. The van der Waals surface area contributed by atoms with E-state index in [-0.39, 0.29) is 5.92 Å². The first-order valence-electron chi connectivity index (χ1n) is 4.55. The molecule has 1 fully saturated rings. The Morgan fingerprint density at radius 1 is 1.55 bits per heavy atom. The van der Waals surface area contributed by atoms with Crippen LogP contribution >= 0.6 is 0 Å². The topological polar surface area (TPSA) is 12.0 Å². The molecule has 0 spiro atoms. The van der Waals surface area contributed by atoms with Crippen molar-refractivity contribution in [2.45, 2.75) is 32.9 Å². The highest BCUT2D eigenvalue weighted by Crippen LogP contribution is 2.20. The molecule has 2 heteroatoms. The second-order valence-electron chi connectivity index (χ2n) is 3.85. The number of alkyl halides is 1. The van der Waals surface area contributed by atoms with Gasteiger partial charge in [0, 0.05) is 0 Å². The van der Waals surface area contributed by atoms with Crippen LogP contribution in [0.15, 0.2) is 0 Å². The third-order valence-corrected chi connectivity index (χ3v) is 2.44. The van der Waals surface area contributed by atoms with Crippen LogP contribution in [-0.4, -0.2) is 19.3 Å². The summed E-state index contributed by atoms with van der Waals surface area (Å²) in [6.45, 7) is 6.00. The minimum Gasteiger partial charge on any atom is -0.316 e. The van der Waals surface area contributed by atoms with Crippen LogP contribution in [0.3, 0.4) is 0 Å². The summed E-state index contributed by atoms with van der Waals surface area (Å²) >= 11 is 0. The van der Waals surface area contributed by atoms with Gasteiger partial charge < -0.3 is 5.32 Å². The van der Waals surface area contributed by atoms with E-state index < -0.39 is 6.17 Å². The number of halogens is 1. The zero-order valence-corrected chi connectivity index (χ0v) is 7.44. The summed E-state index contributed by atoms with van der Waals surface area (Å²) in [7, 11) is 0. The van der Waals surface area contributed by atoms with Crippen LogP contribution in [-0.2, 0) is 0 Å². The van der Waals surface area contributed by atoms with Gasteiger partial charge in [-0.15, -0.1) is 0 Å². The molecule has 0 bridgehead atoms. The van der Waals surface area contributed by atoms with Gasteiger partial charge in [0.25, 0.3) is 0 Å². The lowest BCUT2D eigenvalue weighted by Crippen LogP contribution is -2.17. The molecule has 2 unspecified atom stereocenters. The zero-order valence-electron chi connectivity index (χ0n) is 7.44. The second-order valence-corrected chi connectivity index (χ2v) is 3.85. The molecule has 1 N–H and O–H groups in total. The Morgan fingerprint density at radius 2 is 2.27 bits per heavy atom. The van der Waals surface area contributed by atoms with Crippen molar-refractivity contribution in [1.29, 1.82) is 0 Å². The van der Waals surface area contributed by atoms with Gasteiger partial charge in [-0.1, -0.05) is 13.8 Å². The molecule has 0 aromatic carbocycles. The Bertz CT molecular complexity index is 108. The minimum absolute atomic E-state index is 0.190. The van der Waals surface area contributed by atoms with E-state index in [1.165, 1.54) is 0 Å². The molecule has 1 saturated heterocycles. The summed E-state index contributed by atoms with van der Waals surface area (Å²) in [6.07, 6.45) is 1.32. The molecule has 1 nitrogen and oxygen atoms in total. The van der Waals surface area contributed by atoms with Gasteiger partial charge in [-0.25, -0.2) is 4.39 Å². The molecule has 66 valence electrons. The molecule has 0 aromatic rings. The van der Waals surface area contributed by atoms with Crippen molar-refractivity contribution < 1.29 is 4.39 Å². The van der Waals surface area contributed by atoms with Gasteiger partial charge in [-0.2, -0.15) is 0 Å². The van der Waals surface area contributed by atoms with Crippen molar-refractivity contribution in [3.63, 3.8) is 0 Å². The van der Waals surface area contributed by atoms with E-state index in [0.717, 1.165) is 25.9 Å². The third-order valence-electron chi connectivity index (χ3n) is 2.44. The van der Waals surface area contributed by atoms with E-state index in [9.17, 15) is 4.39 Å². The largest absolute Gasteiger partial charge is 0.316 e. The summed E-state index contributed by atoms with van der Waals surface area (Å²) < 4.78 is 13.1. The predicted molar refractivity (Wildman–Crippen MR) is 45.3 cm³/mol. The maximum Gasteiger partial charge on any atom is 0.103 e. The van der Waals surface area contributed by atoms with Crippen molar-refractivity contribution in [1.82, 2.24) is 5.32 Å². The van der Waals surface area contributed by atoms with Gasteiger partial charge in [0.1, 0.15) is 6.17 Å². The third kappa shape index (κ3) is 2.78. The normalized spacial score (nSPS) is 27.8. The number of hydrogen-bond donors (Lipinski definition) is 1. The van der Waals surface area contributed by atoms with Crippen molar-refractivity contribution in [3.8, 4) is 0 Å². The van der Waals surface area contributed by atoms with Crippen LogP contribution in [0.25, 0.3) is 0 Å². The molecule has 1 aliphatic heterocycles. The fourth-order valence-corrected chi connectivity index (χ4v) is 1.51. The SMILES string of the molecule is CC(C)C(F)CC1CCNC1. The highest BCUT2D eigenvalue weighted by molar-refractivity contribution is 4.75. The number of rotatable bonds is 3. The van der Waals surface area contributed by atoms with Gasteiger partial charge in [-0.05, 0) is 37.8 Å². The van der Waals surface area contributed by atoms with Gasteiger partial charge in [0.05, 0.1) is 0 Å². The molecule has 0 saturated carbocycles. The Labute approximate surface area is 68.4 Å². The summed E-state index contributed by atoms with van der Waals surface area (Å²) in [5.74, 6) is 0.781. The number of hydrogen-bond acceptors (Lipinski definition) is 1. The average molecular weight is 159 g/mol. The highest BCUT2D eigenvalue weighted by Gasteiger charge is 2.21. The van der Waals surface area contributed by atoms with E-state index in [2.05, 4.69) is 5.32 Å². The first-order valence-corrected chi connectivity index (χ1v) is 4.55. The molecule has 11 heavy (non-hydrogen) atoms. The molecule has 2 atom stereocenters. The van der Waals surface area contributed by atoms with Crippen LogP contribution in [0.4, 0.5) is 4.39 Å². The maximum absolute atomic E-state index is 13.1. The Hall–Kier alpha value is -0.110. The molecule has 1 aliphatic rings. The minimum atomic E-state index is -0.597. The van der Waals surface area contributed by atoms with E-state index in [1.54, 1.807) is 0 Å².